The van der Waals surface area contributed by atoms with Crippen LogP contribution < -0.4 is 20.7 Å². The third-order valence-corrected chi connectivity index (χ3v) is 7.22. The highest BCUT2D eigenvalue weighted by atomic mass is 16.5. The minimum Gasteiger partial charge on any atom is -0.489 e. The first kappa shape index (κ1) is 25.7. The average Bonchev–Trinajstić information content (AvgIpc) is 3.41. The van der Waals surface area contributed by atoms with Crippen molar-refractivity contribution < 1.29 is 18.8 Å². The highest BCUT2D eigenvalue weighted by Gasteiger charge is 2.39. The molecule has 2 unspecified atom stereocenters. The Kier molecular flexibility index (Phi) is 7.07. The number of anilines is 3. The molecular formula is C28H34N6O4. The molecule has 2 saturated heterocycles. The molecule has 2 fully saturated rings. The SMILES string of the molecule is CN1C2CCC1CC(Oc1ccc(C(=O)Nc3ccc(NC(=O)Nc4cc(C(C)(C)C)on4)cc3)nc1)C2. The van der Waals surface area contributed by atoms with Crippen molar-refractivity contribution in [3.63, 3.8) is 0 Å². The summed E-state index contributed by atoms with van der Waals surface area (Å²) in [7, 11) is 2.21. The summed E-state index contributed by atoms with van der Waals surface area (Å²) in [4.78, 5) is 31.7. The van der Waals surface area contributed by atoms with Crippen LogP contribution in [-0.2, 0) is 5.41 Å². The van der Waals surface area contributed by atoms with E-state index in [0.717, 1.165) is 12.8 Å². The highest BCUT2D eigenvalue weighted by Crippen LogP contribution is 2.35. The van der Waals surface area contributed by atoms with Gasteiger partial charge in [-0.3, -0.25) is 10.1 Å². The molecule has 4 heterocycles. The van der Waals surface area contributed by atoms with Gasteiger partial charge in [-0.2, -0.15) is 0 Å². The Bertz CT molecular complexity index is 1270. The van der Waals surface area contributed by atoms with Crippen LogP contribution in [0.15, 0.2) is 53.2 Å². The van der Waals surface area contributed by atoms with Crippen molar-refractivity contribution in [1.29, 1.82) is 0 Å². The van der Waals surface area contributed by atoms with Gasteiger partial charge in [0.05, 0.1) is 6.20 Å². The van der Waals surface area contributed by atoms with Gasteiger partial charge >= 0.3 is 6.03 Å². The molecule has 3 aromatic rings. The van der Waals surface area contributed by atoms with Crippen LogP contribution in [0.2, 0.25) is 0 Å². The van der Waals surface area contributed by atoms with Crippen LogP contribution in [0.4, 0.5) is 22.0 Å². The van der Waals surface area contributed by atoms with Crippen molar-refractivity contribution in [2.45, 2.75) is 70.1 Å². The van der Waals surface area contributed by atoms with E-state index in [1.807, 2.05) is 20.8 Å². The van der Waals surface area contributed by atoms with Crippen LogP contribution in [0, 0.1) is 0 Å². The maximum atomic E-state index is 12.7. The molecular weight excluding hydrogens is 484 g/mol. The van der Waals surface area contributed by atoms with Gasteiger partial charge in [0.1, 0.15) is 23.3 Å². The quantitative estimate of drug-likeness (QED) is 0.406. The summed E-state index contributed by atoms with van der Waals surface area (Å²) in [5.41, 5.74) is 1.23. The number of aromatic nitrogens is 2. The molecule has 2 bridgehead atoms. The Labute approximate surface area is 222 Å². The topological polar surface area (TPSA) is 122 Å². The molecule has 5 rings (SSSR count). The summed E-state index contributed by atoms with van der Waals surface area (Å²) in [5.74, 6) is 1.37. The lowest BCUT2D eigenvalue weighted by Crippen LogP contribution is -2.43. The fourth-order valence-corrected chi connectivity index (χ4v) is 5.03. The fourth-order valence-electron chi connectivity index (χ4n) is 5.03. The van der Waals surface area contributed by atoms with Crippen LogP contribution in [-0.4, -0.2) is 52.2 Å². The summed E-state index contributed by atoms with van der Waals surface area (Å²) in [6, 6.07) is 12.7. The minimum absolute atomic E-state index is 0.191. The first-order valence-electron chi connectivity index (χ1n) is 13.0. The van der Waals surface area contributed by atoms with Crippen LogP contribution in [0.3, 0.4) is 0 Å². The van der Waals surface area contributed by atoms with Crippen molar-refractivity contribution in [1.82, 2.24) is 15.0 Å². The lowest BCUT2D eigenvalue weighted by molar-refractivity contribution is 0.0659. The van der Waals surface area contributed by atoms with Crippen LogP contribution in [0.1, 0.15) is 62.7 Å². The van der Waals surface area contributed by atoms with Crippen molar-refractivity contribution in [3.05, 3.63) is 60.1 Å². The second kappa shape index (κ2) is 10.4. The third kappa shape index (κ3) is 5.96. The Morgan fingerprint density at radius 1 is 0.974 bits per heavy atom. The summed E-state index contributed by atoms with van der Waals surface area (Å²) in [6.07, 6.45) is 6.34. The number of hydrogen-bond acceptors (Lipinski definition) is 7. The number of nitrogens with one attached hydrogen (secondary N) is 3. The molecule has 2 aromatic heterocycles. The largest absolute Gasteiger partial charge is 0.489 e. The van der Waals surface area contributed by atoms with Gasteiger partial charge < -0.3 is 24.8 Å². The van der Waals surface area contributed by atoms with Gasteiger partial charge in [0.2, 0.25) is 0 Å². The van der Waals surface area contributed by atoms with Crippen LogP contribution in [0.25, 0.3) is 0 Å². The van der Waals surface area contributed by atoms with E-state index in [1.54, 1.807) is 48.7 Å². The summed E-state index contributed by atoms with van der Waals surface area (Å²) in [6.45, 7) is 5.99. The molecule has 0 aliphatic carbocycles. The van der Waals surface area contributed by atoms with Crippen LogP contribution in [0.5, 0.6) is 5.75 Å². The average molecular weight is 519 g/mol. The lowest BCUT2D eigenvalue weighted by Gasteiger charge is -2.36. The number of benzene rings is 1. The van der Waals surface area contributed by atoms with Gasteiger partial charge in [-0.25, -0.2) is 9.78 Å². The molecule has 38 heavy (non-hydrogen) atoms. The summed E-state index contributed by atoms with van der Waals surface area (Å²) in [5, 5.41) is 12.1. The van der Waals surface area contributed by atoms with Gasteiger partial charge in [0, 0.05) is 34.9 Å². The zero-order valence-corrected chi connectivity index (χ0v) is 22.2. The molecule has 0 spiro atoms. The number of nitrogens with zero attached hydrogens (tertiary/aromatic N) is 3. The number of fused-ring (bicyclic) bond motifs is 2. The normalized spacial score (nSPS) is 21.1. The number of piperidine rings is 1. The molecule has 2 aliphatic heterocycles. The maximum Gasteiger partial charge on any atom is 0.324 e. The van der Waals surface area contributed by atoms with E-state index in [1.165, 1.54) is 12.8 Å². The lowest BCUT2D eigenvalue weighted by atomic mass is 9.93. The Morgan fingerprint density at radius 2 is 1.63 bits per heavy atom. The standard InChI is InChI=1S/C28H34N6O4/c1-28(2,3)24-15-25(33-38-24)32-27(36)31-18-7-5-17(6-8-18)30-26(35)23-12-11-21(16-29-23)37-22-13-19-9-10-20(14-22)34(19)4/h5-8,11-12,15-16,19-20,22H,9-10,13-14H2,1-4H3,(H,30,35)(H2,31,32,33,36). The number of urea groups is 1. The predicted octanol–water partition coefficient (Wildman–Crippen LogP) is 5.27. The monoisotopic (exact) mass is 518 g/mol. The van der Waals surface area contributed by atoms with Crippen LogP contribution >= 0.6 is 0 Å². The van der Waals surface area contributed by atoms with Crippen molar-refractivity contribution in [3.8, 4) is 5.75 Å². The molecule has 2 atom stereocenters. The number of carbonyl (C=O) groups excluding carboxylic acids is 2. The number of hydrogen-bond donors (Lipinski definition) is 3. The van der Waals surface area contributed by atoms with Gasteiger partial charge in [-0.05, 0) is 69.1 Å². The fraction of sp³-hybridized carbons (Fsp3) is 0.429. The van der Waals surface area contributed by atoms with Gasteiger partial charge in [0.25, 0.3) is 5.91 Å². The number of carbonyl (C=O) groups is 2. The molecule has 1 aromatic carbocycles. The maximum absolute atomic E-state index is 12.7. The Morgan fingerprint density at radius 3 is 2.21 bits per heavy atom. The smallest absolute Gasteiger partial charge is 0.324 e. The minimum atomic E-state index is -0.449. The van der Waals surface area contributed by atoms with Gasteiger partial charge in [-0.1, -0.05) is 25.9 Å². The van der Waals surface area contributed by atoms with E-state index < -0.39 is 6.03 Å². The molecule has 10 nitrogen and oxygen atoms in total. The summed E-state index contributed by atoms with van der Waals surface area (Å²) < 4.78 is 11.4. The Balaban J connectivity index is 1.10. The van der Waals surface area contributed by atoms with E-state index in [2.05, 4.69) is 38.0 Å². The molecule has 3 amide bonds. The van der Waals surface area contributed by atoms with Crippen molar-refractivity contribution in [2.24, 2.45) is 0 Å². The zero-order valence-electron chi connectivity index (χ0n) is 22.2. The predicted molar refractivity (Wildman–Crippen MR) is 145 cm³/mol. The van der Waals surface area contributed by atoms with E-state index >= 15 is 0 Å². The highest BCUT2D eigenvalue weighted by molar-refractivity contribution is 6.03. The molecule has 0 radical (unpaired) electrons. The van der Waals surface area contributed by atoms with Crippen molar-refractivity contribution >= 4 is 29.1 Å². The van der Waals surface area contributed by atoms with E-state index in [-0.39, 0.29) is 17.4 Å². The van der Waals surface area contributed by atoms with Crippen molar-refractivity contribution in [2.75, 3.05) is 23.0 Å². The van der Waals surface area contributed by atoms with Gasteiger partial charge in [-0.15, -0.1) is 0 Å². The first-order chi connectivity index (χ1) is 18.1. The molecule has 10 heteroatoms. The number of pyridine rings is 1. The summed E-state index contributed by atoms with van der Waals surface area (Å²) >= 11 is 0. The molecule has 3 N–H and O–H groups in total. The number of rotatable bonds is 6. The number of amides is 3. The molecule has 2 aliphatic rings. The van der Waals surface area contributed by atoms with E-state index in [9.17, 15) is 9.59 Å². The van der Waals surface area contributed by atoms with E-state index in [4.69, 9.17) is 9.26 Å². The Hall–Kier alpha value is -3.92. The number of ether oxygens (including phenoxy) is 1. The third-order valence-electron chi connectivity index (χ3n) is 7.22. The molecule has 0 saturated carbocycles. The second-order valence-electron chi connectivity index (χ2n) is 11.1. The second-order valence-corrected chi connectivity index (χ2v) is 11.1. The first-order valence-corrected chi connectivity index (χ1v) is 13.0. The van der Waals surface area contributed by atoms with E-state index in [0.29, 0.717) is 46.5 Å². The zero-order chi connectivity index (χ0) is 26.9. The van der Waals surface area contributed by atoms with Gasteiger partial charge in [0.15, 0.2) is 5.82 Å². The molecule has 200 valence electrons.